The van der Waals surface area contributed by atoms with E-state index < -0.39 is 0 Å². The lowest BCUT2D eigenvalue weighted by Gasteiger charge is -2.27. The van der Waals surface area contributed by atoms with Crippen molar-refractivity contribution in [2.75, 3.05) is 13.1 Å². The highest BCUT2D eigenvalue weighted by Crippen LogP contribution is 2.36. The van der Waals surface area contributed by atoms with Gasteiger partial charge in [0.1, 0.15) is 0 Å². The summed E-state index contributed by atoms with van der Waals surface area (Å²) in [6.07, 6.45) is 5.10. The van der Waals surface area contributed by atoms with Gasteiger partial charge in [-0.25, -0.2) is 0 Å². The summed E-state index contributed by atoms with van der Waals surface area (Å²) in [5.74, 6) is 1.37. The molecular weight excluding hydrogens is 264 g/mol. The largest absolute Gasteiger partial charge is 0.338 e. The average molecular weight is 284 g/mol. The van der Waals surface area contributed by atoms with Crippen molar-refractivity contribution in [1.29, 1.82) is 0 Å². The number of likely N-dealkylation sites (tertiary alicyclic amines) is 1. The number of rotatable bonds is 1. The van der Waals surface area contributed by atoms with Gasteiger partial charge in [-0.1, -0.05) is 6.07 Å². The number of aromatic nitrogens is 2. The summed E-state index contributed by atoms with van der Waals surface area (Å²) in [4.78, 5) is 14.7. The molecule has 1 unspecified atom stereocenters. The van der Waals surface area contributed by atoms with Gasteiger partial charge in [0.2, 0.25) is 0 Å². The van der Waals surface area contributed by atoms with E-state index in [2.05, 4.69) is 10.2 Å². The smallest absolute Gasteiger partial charge is 0.253 e. The molecule has 1 aliphatic heterocycles. The molecule has 2 fully saturated rings. The average Bonchev–Trinajstić information content (AvgIpc) is 3.11. The Bertz CT molecular complexity index is 680. The first-order valence-electron chi connectivity index (χ1n) is 7.68. The highest BCUT2D eigenvalue weighted by Gasteiger charge is 2.38. The van der Waals surface area contributed by atoms with Crippen LogP contribution in [-0.2, 0) is 0 Å². The number of amides is 1. The van der Waals surface area contributed by atoms with E-state index in [1.54, 1.807) is 6.20 Å². The molecule has 110 valence electrons. The van der Waals surface area contributed by atoms with Gasteiger partial charge >= 0.3 is 0 Å². The molecule has 2 aromatic rings. The molecule has 5 nitrogen and oxygen atoms in total. The zero-order valence-electron chi connectivity index (χ0n) is 12.0. The Morgan fingerprint density at radius 1 is 1.29 bits per heavy atom. The normalized spacial score (nSPS) is 28.8. The van der Waals surface area contributed by atoms with Crippen LogP contribution in [0.4, 0.5) is 0 Å². The molecule has 21 heavy (non-hydrogen) atoms. The first-order chi connectivity index (χ1) is 10.2. The first kappa shape index (κ1) is 12.8. The third kappa shape index (κ3) is 2.21. The number of nitrogens with one attached hydrogen (secondary N) is 1. The van der Waals surface area contributed by atoms with Gasteiger partial charge in [0.05, 0.1) is 11.7 Å². The van der Waals surface area contributed by atoms with Gasteiger partial charge < -0.3 is 10.6 Å². The van der Waals surface area contributed by atoms with E-state index >= 15 is 0 Å². The number of hydrogen-bond donors (Lipinski definition) is 2. The number of carbonyl (C=O) groups is 1. The highest BCUT2D eigenvalue weighted by atomic mass is 16.2. The minimum Gasteiger partial charge on any atom is -0.338 e. The van der Waals surface area contributed by atoms with Crippen LogP contribution in [0.25, 0.3) is 10.9 Å². The molecule has 1 aromatic heterocycles. The van der Waals surface area contributed by atoms with Crippen molar-refractivity contribution in [2.45, 2.75) is 25.3 Å². The molecule has 4 rings (SSSR count). The van der Waals surface area contributed by atoms with E-state index in [9.17, 15) is 4.79 Å². The lowest BCUT2D eigenvalue weighted by molar-refractivity contribution is 0.0784. The maximum Gasteiger partial charge on any atom is 0.253 e. The summed E-state index contributed by atoms with van der Waals surface area (Å²) in [5.41, 5.74) is 7.72. The number of carbonyl (C=O) groups excluding carboxylic acids is 1. The molecule has 3 N–H and O–H groups in total. The Morgan fingerprint density at radius 2 is 2.14 bits per heavy atom. The fraction of sp³-hybridized carbons (Fsp3) is 0.500. The van der Waals surface area contributed by atoms with E-state index in [4.69, 9.17) is 5.73 Å². The molecule has 0 radical (unpaired) electrons. The first-order valence-corrected chi connectivity index (χ1v) is 7.68. The number of hydrogen-bond acceptors (Lipinski definition) is 3. The van der Waals surface area contributed by atoms with Crippen molar-refractivity contribution in [2.24, 2.45) is 17.6 Å². The molecule has 5 heteroatoms. The standard InChI is InChI=1S/C16H20N4O/c17-14-4-3-12-8-20(9-13(12)5-14)16(21)10-1-2-11-7-18-19-15(11)6-10/h1-2,6-7,12-14H,3-5,8-9,17H2,(H,18,19)/t12-,13+,14?/m1/s1. The Labute approximate surface area is 123 Å². The quantitative estimate of drug-likeness (QED) is 0.838. The second-order valence-corrected chi connectivity index (χ2v) is 6.48. The van der Waals surface area contributed by atoms with Crippen molar-refractivity contribution in [3.8, 4) is 0 Å². The second kappa shape index (κ2) is 4.84. The van der Waals surface area contributed by atoms with Crippen LogP contribution >= 0.6 is 0 Å². The summed E-state index contributed by atoms with van der Waals surface area (Å²) < 4.78 is 0. The van der Waals surface area contributed by atoms with Crippen LogP contribution in [0.15, 0.2) is 24.4 Å². The maximum atomic E-state index is 12.7. The van der Waals surface area contributed by atoms with Crippen LogP contribution in [0.3, 0.4) is 0 Å². The van der Waals surface area contributed by atoms with Crippen LogP contribution in [0.2, 0.25) is 0 Å². The predicted octanol–water partition coefficient (Wildman–Crippen LogP) is 1.76. The van der Waals surface area contributed by atoms with Crippen LogP contribution in [0.5, 0.6) is 0 Å². The van der Waals surface area contributed by atoms with Crippen molar-refractivity contribution < 1.29 is 4.79 Å². The topological polar surface area (TPSA) is 75.0 Å². The number of fused-ring (bicyclic) bond motifs is 2. The molecular formula is C16H20N4O. The number of H-pyrrole nitrogens is 1. The molecule has 2 aliphatic rings. The summed E-state index contributed by atoms with van der Waals surface area (Å²) in [7, 11) is 0. The Hall–Kier alpha value is -1.88. The van der Waals surface area contributed by atoms with E-state index in [-0.39, 0.29) is 5.91 Å². The van der Waals surface area contributed by atoms with Gasteiger partial charge in [0, 0.05) is 30.1 Å². The summed E-state index contributed by atoms with van der Waals surface area (Å²) >= 11 is 0. The van der Waals surface area contributed by atoms with Gasteiger partial charge in [0.15, 0.2) is 0 Å². The third-order valence-corrected chi connectivity index (χ3v) is 5.07. The van der Waals surface area contributed by atoms with E-state index in [1.807, 2.05) is 23.1 Å². The molecule has 0 bridgehead atoms. The molecule has 1 aromatic carbocycles. The van der Waals surface area contributed by atoms with Crippen LogP contribution in [0, 0.1) is 11.8 Å². The van der Waals surface area contributed by atoms with Crippen LogP contribution < -0.4 is 5.73 Å². The summed E-state index contributed by atoms with van der Waals surface area (Å²) in [5, 5.41) is 7.96. The predicted molar refractivity (Wildman–Crippen MR) is 80.8 cm³/mol. The number of nitrogens with zero attached hydrogens (tertiary/aromatic N) is 2. The minimum atomic E-state index is 0.134. The van der Waals surface area contributed by atoms with Gasteiger partial charge in [-0.3, -0.25) is 9.89 Å². The van der Waals surface area contributed by atoms with Gasteiger partial charge in [0.25, 0.3) is 5.91 Å². The molecule has 1 aliphatic carbocycles. The third-order valence-electron chi connectivity index (χ3n) is 5.07. The fourth-order valence-electron chi connectivity index (χ4n) is 3.89. The van der Waals surface area contributed by atoms with Crippen molar-refractivity contribution in [3.05, 3.63) is 30.0 Å². The monoisotopic (exact) mass is 284 g/mol. The highest BCUT2D eigenvalue weighted by molar-refractivity contribution is 5.97. The van der Waals surface area contributed by atoms with Gasteiger partial charge in [-0.05, 0) is 43.2 Å². The maximum absolute atomic E-state index is 12.7. The van der Waals surface area contributed by atoms with Crippen molar-refractivity contribution in [3.63, 3.8) is 0 Å². The van der Waals surface area contributed by atoms with E-state index in [1.165, 1.54) is 0 Å². The number of nitrogens with two attached hydrogens (primary N) is 1. The molecule has 3 atom stereocenters. The lowest BCUT2D eigenvalue weighted by atomic mass is 9.79. The second-order valence-electron chi connectivity index (χ2n) is 6.48. The van der Waals surface area contributed by atoms with Crippen molar-refractivity contribution in [1.82, 2.24) is 15.1 Å². The Balaban J connectivity index is 1.55. The molecule has 1 saturated heterocycles. The SMILES string of the molecule is NC1CC[C@@H]2CN(C(=O)c3ccc4cn[nH]c4c3)C[C@@H]2C1. The Kier molecular flexibility index (Phi) is 2.96. The van der Waals surface area contributed by atoms with Crippen LogP contribution in [-0.4, -0.2) is 40.1 Å². The summed E-state index contributed by atoms with van der Waals surface area (Å²) in [6.45, 7) is 1.75. The molecule has 1 amide bonds. The summed E-state index contributed by atoms with van der Waals surface area (Å²) in [6, 6.07) is 6.07. The van der Waals surface area contributed by atoms with Crippen molar-refractivity contribution >= 4 is 16.8 Å². The van der Waals surface area contributed by atoms with E-state index in [0.717, 1.165) is 48.8 Å². The Morgan fingerprint density at radius 3 is 3.05 bits per heavy atom. The zero-order chi connectivity index (χ0) is 14.4. The minimum absolute atomic E-state index is 0.134. The molecule has 0 spiro atoms. The molecule has 2 heterocycles. The number of aromatic amines is 1. The van der Waals surface area contributed by atoms with Gasteiger partial charge in [-0.2, -0.15) is 5.10 Å². The zero-order valence-corrected chi connectivity index (χ0v) is 12.0. The lowest BCUT2D eigenvalue weighted by Crippen LogP contribution is -2.32. The number of benzene rings is 1. The van der Waals surface area contributed by atoms with Crippen LogP contribution in [0.1, 0.15) is 29.6 Å². The van der Waals surface area contributed by atoms with E-state index in [0.29, 0.717) is 17.9 Å². The molecule has 1 saturated carbocycles. The van der Waals surface area contributed by atoms with Gasteiger partial charge in [-0.15, -0.1) is 0 Å². The fourth-order valence-corrected chi connectivity index (χ4v) is 3.89.